The van der Waals surface area contributed by atoms with Gasteiger partial charge in [0, 0.05) is 13.1 Å². The van der Waals surface area contributed by atoms with Crippen LogP contribution in [0.15, 0.2) is 12.3 Å². The summed E-state index contributed by atoms with van der Waals surface area (Å²) in [5.74, 6) is 0.785. The zero-order valence-electron chi connectivity index (χ0n) is 17.0. The summed E-state index contributed by atoms with van der Waals surface area (Å²) < 4.78 is 19.8. The third-order valence-corrected chi connectivity index (χ3v) is 5.36. The van der Waals surface area contributed by atoms with Crippen LogP contribution in [0.5, 0.6) is 11.8 Å². The summed E-state index contributed by atoms with van der Waals surface area (Å²) in [5, 5.41) is 2.62. The maximum absolute atomic E-state index is 10.9. The molecule has 0 unspecified atom stereocenters. The maximum atomic E-state index is 10.9. The number of aromatic nitrogens is 3. The molecule has 9 heteroatoms. The molecule has 2 aromatic rings. The molecule has 0 radical (unpaired) electrons. The Hall–Kier alpha value is -2.55. The van der Waals surface area contributed by atoms with Gasteiger partial charge in [-0.05, 0) is 45.4 Å². The highest BCUT2D eigenvalue weighted by atomic mass is 16.5. The highest BCUT2D eigenvalue weighted by Gasteiger charge is 2.26. The molecule has 0 saturated heterocycles. The lowest BCUT2D eigenvalue weighted by Crippen LogP contribution is -2.40. The minimum absolute atomic E-state index is 0.0947. The number of rotatable bonds is 8. The average molecular weight is 403 g/mol. The van der Waals surface area contributed by atoms with E-state index in [0.717, 1.165) is 49.8 Å². The summed E-state index contributed by atoms with van der Waals surface area (Å²) in [6, 6.07) is 1.94. The molecule has 158 valence electrons. The number of imidazole rings is 1. The number of fused-ring (bicyclic) bond motifs is 1. The molecule has 0 spiro atoms. The molecule has 4 rings (SSSR count). The smallest absolute Gasteiger partial charge is 0.312 e. The Balaban J connectivity index is 1.29. The van der Waals surface area contributed by atoms with Crippen molar-refractivity contribution in [3.05, 3.63) is 12.3 Å². The zero-order chi connectivity index (χ0) is 20.4. The number of hydrogen-bond donors (Lipinski definition) is 2. The molecule has 0 bridgehead atoms. The van der Waals surface area contributed by atoms with Crippen molar-refractivity contribution >= 4 is 17.2 Å². The van der Waals surface area contributed by atoms with Gasteiger partial charge in [-0.3, -0.25) is 4.57 Å². The number of hydrogen-bond acceptors (Lipinski definition) is 6. The fourth-order valence-corrected chi connectivity index (χ4v) is 3.61. The van der Waals surface area contributed by atoms with Gasteiger partial charge in [0.2, 0.25) is 0 Å². The number of pyridine rings is 1. The fourth-order valence-electron chi connectivity index (χ4n) is 3.61. The van der Waals surface area contributed by atoms with Crippen LogP contribution in [0.1, 0.15) is 45.4 Å². The summed E-state index contributed by atoms with van der Waals surface area (Å²) in [4.78, 5) is 19.8. The first-order chi connectivity index (χ1) is 14.0. The van der Waals surface area contributed by atoms with Crippen molar-refractivity contribution in [1.29, 1.82) is 0 Å². The van der Waals surface area contributed by atoms with Crippen molar-refractivity contribution < 1.29 is 19.0 Å². The lowest BCUT2D eigenvalue weighted by atomic mass is 9.95. The van der Waals surface area contributed by atoms with E-state index in [2.05, 4.69) is 15.3 Å². The molecule has 2 saturated carbocycles. The summed E-state index contributed by atoms with van der Waals surface area (Å²) in [7, 11) is 1.94. The van der Waals surface area contributed by atoms with Gasteiger partial charge < -0.3 is 25.3 Å². The molecule has 2 amide bonds. The molecule has 0 aromatic carbocycles. The largest absolute Gasteiger partial charge is 0.489 e. The second-order valence-electron chi connectivity index (χ2n) is 8.04. The van der Waals surface area contributed by atoms with Crippen molar-refractivity contribution in [3.63, 3.8) is 0 Å². The van der Waals surface area contributed by atoms with Crippen LogP contribution in [0.3, 0.4) is 0 Å². The van der Waals surface area contributed by atoms with Crippen LogP contribution in [0.2, 0.25) is 0 Å². The van der Waals surface area contributed by atoms with Crippen molar-refractivity contribution in [2.45, 2.75) is 69.8 Å². The van der Waals surface area contributed by atoms with Crippen LogP contribution in [0.4, 0.5) is 4.79 Å². The van der Waals surface area contributed by atoms with Crippen molar-refractivity contribution in [3.8, 4) is 11.8 Å². The van der Waals surface area contributed by atoms with E-state index >= 15 is 0 Å². The zero-order valence-corrected chi connectivity index (χ0v) is 17.0. The quantitative estimate of drug-likeness (QED) is 0.699. The van der Waals surface area contributed by atoms with Crippen molar-refractivity contribution in [2.75, 3.05) is 6.61 Å². The van der Waals surface area contributed by atoms with E-state index in [0.29, 0.717) is 24.4 Å². The summed E-state index contributed by atoms with van der Waals surface area (Å²) >= 11 is 0. The lowest BCUT2D eigenvalue weighted by molar-refractivity contribution is -0.00549. The predicted molar refractivity (Wildman–Crippen MR) is 107 cm³/mol. The summed E-state index contributed by atoms with van der Waals surface area (Å²) in [6.07, 6.45) is 8.20. The SMILES string of the molecule is C[C@@H](CO[C@H]1CC[C@H](Oc2nc3ncc(OC4CC4)cc3n2C)CC1)NC(N)=O. The van der Waals surface area contributed by atoms with Crippen LogP contribution in [-0.4, -0.2) is 51.5 Å². The molecule has 3 N–H and O–H groups in total. The number of ether oxygens (including phenoxy) is 3. The Kier molecular flexibility index (Phi) is 5.75. The van der Waals surface area contributed by atoms with Gasteiger partial charge in [0.1, 0.15) is 11.9 Å². The van der Waals surface area contributed by atoms with Crippen LogP contribution < -0.4 is 20.5 Å². The second-order valence-corrected chi connectivity index (χ2v) is 8.04. The van der Waals surface area contributed by atoms with Crippen LogP contribution in [0.25, 0.3) is 11.2 Å². The van der Waals surface area contributed by atoms with Gasteiger partial charge in [0.25, 0.3) is 6.01 Å². The first kappa shape index (κ1) is 19.8. The van der Waals surface area contributed by atoms with Gasteiger partial charge in [0.05, 0.1) is 36.6 Å². The topological polar surface area (TPSA) is 114 Å². The minimum Gasteiger partial charge on any atom is -0.489 e. The Bertz CT molecular complexity index is 858. The van der Waals surface area contributed by atoms with E-state index in [-0.39, 0.29) is 18.2 Å². The number of amides is 2. The van der Waals surface area contributed by atoms with E-state index in [1.54, 1.807) is 6.20 Å². The molecule has 2 heterocycles. The normalized spacial score (nSPS) is 23.0. The van der Waals surface area contributed by atoms with Crippen LogP contribution >= 0.6 is 0 Å². The summed E-state index contributed by atoms with van der Waals surface area (Å²) in [6.45, 7) is 2.33. The Morgan fingerprint density at radius 3 is 2.55 bits per heavy atom. The Labute approximate surface area is 169 Å². The minimum atomic E-state index is -0.527. The van der Waals surface area contributed by atoms with Gasteiger partial charge in [-0.1, -0.05) is 0 Å². The van der Waals surface area contributed by atoms with Crippen LogP contribution in [-0.2, 0) is 11.8 Å². The molecule has 0 aliphatic heterocycles. The Morgan fingerprint density at radius 1 is 1.21 bits per heavy atom. The standard InChI is InChI=1S/C20H29N5O4/c1-12(23-19(21)26)11-27-13-3-5-15(6-4-13)29-20-24-18-17(25(20)2)9-16(10-22-18)28-14-7-8-14/h9-10,12-15H,3-8,11H2,1-2H3,(H3,21,23,26)/t12-,13-,15-/m0/s1. The number of primary amides is 1. The van der Waals surface area contributed by atoms with Crippen molar-refractivity contribution in [1.82, 2.24) is 19.9 Å². The van der Waals surface area contributed by atoms with Gasteiger partial charge in [-0.2, -0.15) is 4.98 Å². The highest BCUT2D eigenvalue weighted by molar-refractivity contribution is 5.74. The molecular formula is C20H29N5O4. The fraction of sp³-hybridized carbons (Fsp3) is 0.650. The first-order valence-electron chi connectivity index (χ1n) is 10.3. The molecule has 2 aromatic heterocycles. The highest BCUT2D eigenvalue weighted by Crippen LogP contribution is 2.30. The number of urea groups is 1. The van der Waals surface area contributed by atoms with Gasteiger partial charge in [-0.15, -0.1) is 0 Å². The molecule has 2 aliphatic rings. The number of carbonyl (C=O) groups excluding carboxylic acids is 1. The van der Waals surface area contributed by atoms with Crippen molar-refractivity contribution in [2.24, 2.45) is 12.8 Å². The van der Waals surface area contributed by atoms with Gasteiger partial charge in [0.15, 0.2) is 5.65 Å². The number of carbonyl (C=O) groups is 1. The van der Waals surface area contributed by atoms with E-state index in [4.69, 9.17) is 19.9 Å². The molecule has 2 fully saturated rings. The monoisotopic (exact) mass is 403 g/mol. The Morgan fingerprint density at radius 2 is 1.86 bits per heavy atom. The molecule has 1 atom stereocenters. The van der Waals surface area contributed by atoms with Crippen LogP contribution in [0, 0.1) is 0 Å². The average Bonchev–Trinajstić information content (AvgIpc) is 3.45. The predicted octanol–water partition coefficient (Wildman–Crippen LogP) is 2.27. The number of nitrogens with zero attached hydrogens (tertiary/aromatic N) is 3. The molecule has 2 aliphatic carbocycles. The van der Waals surface area contributed by atoms with Gasteiger partial charge >= 0.3 is 6.03 Å². The third kappa shape index (κ3) is 5.09. The second kappa shape index (κ2) is 8.44. The molecular weight excluding hydrogens is 374 g/mol. The van der Waals surface area contributed by atoms with E-state index in [1.165, 1.54) is 0 Å². The molecule has 9 nitrogen and oxygen atoms in total. The van der Waals surface area contributed by atoms with Gasteiger partial charge in [-0.25, -0.2) is 9.78 Å². The van der Waals surface area contributed by atoms with E-state index in [9.17, 15) is 4.79 Å². The number of aryl methyl sites for hydroxylation is 1. The molecule has 29 heavy (non-hydrogen) atoms. The van der Waals surface area contributed by atoms with E-state index in [1.807, 2.05) is 24.6 Å². The van der Waals surface area contributed by atoms with E-state index < -0.39 is 6.03 Å². The maximum Gasteiger partial charge on any atom is 0.312 e. The summed E-state index contributed by atoms with van der Waals surface area (Å²) in [5.41, 5.74) is 6.70. The number of nitrogens with one attached hydrogen (secondary N) is 1. The third-order valence-electron chi connectivity index (χ3n) is 5.36. The lowest BCUT2D eigenvalue weighted by Gasteiger charge is -2.29. The first-order valence-corrected chi connectivity index (χ1v) is 10.3. The number of nitrogens with two attached hydrogens (primary N) is 1.